The van der Waals surface area contributed by atoms with Crippen LogP contribution in [-0.2, 0) is 4.79 Å². The van der Waals surface area contributed by atoms with Gasteiger partial charge in [0.15, 0.2) is 0 Å². The molecule has 0 unspecified atom stereocenters. The summed E-state index contributed by atoms with van der Waals surface area (Å²) in [6, 6.07) is 22.1. The minimum absolute atomic E-state index is 0.0208. The maximum Gasteiger partial charge on any atom is 0.252 e. The topological polar surface area (TPSA) is 75.2 Å². The maximum atomic E-state index is 12.6. The van der Waals surface area contributed by atoms with Gasteiger partial charge < -0.3 is 10.2 Å². The highest BCUT2D eigenvalue weighted by Crippen LogP contribution is 2.38. The summed E-state index contributed by atoms with van der Waals surface area (Å²) in [5.74, 6) is 1.22. The van der Waals surface area contributed by atoms with Crippen LogP contribution in [0.4, 0.5) is 11.5 Å². The molecule has 0 atom stereocenters. The second-order valence-electron chi connectivity index (χ2n) is 9.50. The highest BCUT2D eigenvalue weighted by molar-refractivity contribution is 5.96. The number of nitrogens with zero attached hydrogens (tertiary/aromatic N) is 4. The van der Waals surface area contributed by atoms with Crippen LogP contribution < -0.4 is 9.80 Å². The van der Waals surface area contributed by atoms with Gasteiger partial charge in [0.1, 0.15) is 5.69 Å². The van der Waals surface area contributed by atoms with E-state index in [9.17, 15) is 9.59 Å². The third kappa shape index (κ3) is 4.95. The number of nitrogens with one attached hydrogen (secondary N) is 1. The smallest absolute Gasteiger partial charge is 0.252 e. The molecule has 2 amide bonds. The van der Waals surface area contributed by atoms with Gasteiger partial charge in [-0.25, -0.2) is 4.48 Å². The van der Waals surface area contributed by atoms with E-state index >= 15 is 0 Å². The van der Waals surface area contributed by atoms with Crippen molar-refractivity contribution in [3.63, 3.8) is 0 Å². The molecule has 0 aliphatic carbocycles. The molecule has 180 valence electrons. The Labute approximate surface area is 206 Å². The van der Waals surface area contributed by atoms with Gasteiger partial charge in [0.05, 0.1) is 25.8 Å². The Kier molecular flexibility index (Phi) is 6.86. The van der Waals surface area contributed by atoms with Crippen LogP contribution in [0.3, 0.4) is 0 Å². The number of hydrogen-bond acceptors (Lipinski definition) is 4. The minimum atomic E-state index is -0.214. The Morgan fingerprint density at radius 3 is 2.29 bits per heavy atom. The number of likely N-dealkylation sites (tertiary alicyclic amines) is 1. The minimum Gasteiger partial charge on any atom is -0.343 e. The second-order valence-corrected chi connectivity index (χ2v) is 9.50. The van der Waals surface area contributed by atoms with Gasteiger partial charge in [-0.2, -0.15) is 5.10 Å². The lowest BCUT2D eigenvalue weighted by Crippen LogP contribution is -2.43. The molecule has 3 heterocycles. The summed E-state index contributed by atoms with van der Waals surface area (Å²) < 4.78 is 0.774. The van der Waals surface area contributed by atoms with Crippen LogP contribution in [0.1, 0.15) is 47.5 Å². The molecular formula is C28H32N5O2+. The zero-order valence-electron chi connectivity index (χ0n) is 20.0. The zero-order chi connectivity index (χ0) is 24.1. The summed E-state index contributed by atoms with van der Waals surface area (Å²) in [5, 5.41) is 11.3. The fourth-order valence-corrected chi connectivity index (χ4v) is 5.47. The predicted molar refractivity (Wildman–Crippen MR) is 136 cm³/mol. The average Bonchev–Trinajstić information content (AvgIpc) is 3.44. The molecule has 2 aliphatic rings. The normalized spacial score (nSPS) is 17.8. The van der Waals surface area contributed by atoms with Gasteiger partial charge in [0, 0.05) is 37.6 Å². The van der Waals surface area contributed by atoms with Gasteiger partial charge in [-0.15, -0.1) is 0 Å². The number of aromatic nitrogens is 2. The molecule has 0 spiro atoms. The Balaban J connectivity index is 1.17. The van der Waals surface area contributed by atoms with E-state index in [4.69, 9.17) is 0 Å². The first-order valence-corrected chi connectivity index (χ1v) is 12.5. The molecule has 3 aromatic rings. The summed E-state index contributed by atoms with van der Waals surface area (Å²) in [6.07, 6.45) is 5.98. The van der Waals surface area contributed by atoms with Gasteiger partial charge in [0.25, 0.3) is 11.7 Å². The molecule has 35 heavy (non-hydrogen) atoms. The predicted octanol–water partition coefficient (Wildman–Crippen LogP) is 4.05. The lowest BCUT2D eigenvalue weighted by Gasteiger charge is -2.33. The van der Waals surface area contributed by atoms with Crippen molar-refractivity contribution in [3.8, 4) is 0 Å². The van der Waals surface area contributed by atoms with Crippen LogP contribution in [0.2, 0.25) is 0 Å². The van der Waals surface area contributed by atoms with Gasteiger partial charge >= 0.3 is 0 Å². The summed E-state index contributed by atoms with van der Waals surface area (Å²) in [4.78, 5) is 26.7. The van der Waals surface area contributed by atoms with Crippen LogP contribution in [0.5, 0.6) is 0 Å². The van der Waals surface area contributed by atoms with Crippen LogP contribution in [-0.4, -0.2) is 59.6 Å². The van der Waals surface area contributed by atoms with E-state index in [1.54, 1.807) is 18.3 Å². The van der Waals surface area contributed by atoms with Crippen LogP contribution >= 0.6 is 0 Å². The molecule has 1 N–H and O–H groups in total. The molecule has 5 rings (SSSR count). The molecule has 1 aromatic heterocycles. The Morgan fingerprint density at radius 1 is 0.914 bits per heavy atom. The van der Waals surface area contributed by atoms with Gasteiger partial charge in [-0.3, -0.25) is 9.59 Å². The molecule has 0 bridgehead atoms. The molecule has 0 saturated carbocycles. The lowest BCUT2D eigenvalue weighted by molar-refractivity contribution is -0.131. The molecule has 2 saturated heterocycles. The van der Waals surface area contributed by atoms with Crippen molar-refractivity contribution in [1.29, 1.82) is 0 Å². The van der Waals surface area contributed by atoms with Crippen molar-refractivity contribution in [3.05, 3.63) is 84.1 Å². The second kappa shape index (κ2) is 10.4. The molecule has 7 nitrogen and oxygen atoms in total. The van der Waals surface area contributed by atoms with E-state index in [0.29, 0.717) is 24.6 Å². The molecule has 2 aromatic carbocycles. The zero-order valence-corrected chi connectivity index (χ0v) is 20.0. The standard InChI is InChI=1S/C28H31N5O2/c34-27(21-29-28(35)24-7-2-1-3-8-24)32-17-14-23(15-18-32)22-10-12-25(13-11-22)33(19-4-5-20-33)26-9-6-16-30-31-26/h1-3,6-13,16,23H,4-5,14-15,17-21H2/p+1. The summed E-state index contributed by atoms with van der Waals surface area (Å²) in [6.45, 7) is 3.58. The quantitative estimate of drug-likeness (QED) is 0.552. The van der Waals surface area contributed by atoms with Crippen molar-refractivity contribution in [2.45, 2.75) is 31.6 Å². The van der Waals surface area contributed by atoms with E-state index < -0.39 is 0 Å². The summed E-state index contributed by atoms with van der Waals surface area (Å²) in [7, 11) is 0. The highest BCUT2D eigenvalue weighted by atomic mass is 16.2. The van der Waals surface area contributed by atoms with Crippen molar-refractivity contribution < 1.29 is 9.59 Å². The number of hydrogen-bond donors (Lipinski definition) is 1. The Hall–Kier alpha value is -3.58. The van der Waals surface area contributed by atoms with Crippen molar-refractivity contribution >= 4 is 23.3 Å². The van der Waals surface area contributed by atoms with Crippen LogP contribution in [0.25, 0.3) is 0 Å². The number of carbonyl (C=O) groups is 2. The SMILES string of the molecule is O=C(NCC(=O)N1CCC(c2ccc([N+]3(c4cccnn4)CCCC3)cc2)CC1)c1ccccc1. The van der Waals surface area contributed by atoms with E-state index in [2.05, 4.69) is 45.8 Å². The number of rotatable bonds is 6. The fraction of sp³-hybridized carbons (Fsp3) is 0.357. The largest absolute Gasteiger partial charge is 0.343 e. The molecule has 0 radical (unpaired) electrons. The highest BCUT2D eigenvalue weighted by Gasteiger charge is 2.38. The van der Waals surface area contributed by atoms with E-state index in [-0.39, 0.29) is 18.4 Å². The van der Waals surface area contributed by atoms with E-state index in [0.717, 1.165) is 36.2 Å². The molecular weight excluding hydrogens is 438 g/mol. The molecule has 2 fully saturated rings. The van der Waals surface area contributed by atoms with Crippen molar-refractivity contribution in [2.24, 2.45) is 0 Å². The van der Waals surface area contributed by atoms with E-state index in [1.165, 1.54) is 24.1 Å². The summed E-state index contributed by atoms with van der Waals surface area (Å²) >= 11 is 0. The van der Waals surface area contributed by atoms with Crippen molar-refractivity contribution in [2.75, 3.05) is 32.7 Å². The first-order valence-electron chi connectivity index (χ1n) is 12.5. The van der Waals surface area contributed by atoms with Gasteiger partial charge in [0.2, 0.25) is 5.91 Å². The molecule has 7 heteroatoms. The summed E-state index contributed by atoms with van der Waals surface area (Å²) in [5.41, 5.74) is 3.17. The lowest BCUT2D eigenvalue weighted by atomic mass is 9.89. The number of carbonyl (C=O) groups excluding carboxylic acids is 2. The first-order chi connectivity index (χ1) is 17.2. The Bertz CT molecular complexity index is 1140. The third-order valence-corrected chi connectivity index (χ3v) is 7.47. The van der Waals surface area contributed by atoms with Crippen LogP contribution in [0, 0.1) is 0 Å². The monoisotopic (exact) mass is 470 g/mol. The average molecular weight is 471 g/mol. The fourth-order valence-electron chi connectivity index (χ4n) is 5.47. The van der Waals surface area contributed by atoms with Crippen LogP contribution in [0.15, 0.2) is 72.9 Å². The van der Waals surface area contributed by atoms with Gasteiger partial charge in [-0.1, -0.05) is 35.4 Å². The van der Waals surface area contributed by atoms with E-state index in [1.807, 2.05) is 29.2 Å². The maximum absolute atomic E-state index is 12.6. The van der Waals surface area contributed by atoms with Crippen molar-refractivity contribution in [1.82, 2.24) is 24.9 Å². The number of benzene rings is 2. The third-order valence-electron chi connectivity index (χ3n) is 7.47. The first kappa shape index (κ1) is 23.2. The Morgan fingerprint density at radius 2 is 1.63 bits per heavy atom. The number of amides is 2. The molecule has 2 aliphatic heterocycles. The number of piperidine rings is 1. The van der Waals surface area contributed by atoms with Gasteiger partial charge in [-0.05, 0) is 54.7 Å². The number of quaternary nitrogens is 1.